The molecule has 1 aromatic heterocycles. The minimum atomic E-state index is 0.916. The van der Waals surface area contributed by atoms with E-state index in [9.17, 15) is 0 Å². The molecule has 2 aromatic rings. The van der Waals surface area contributed by atoms with Gasteiger partial charge < -0.3 is 4.57 Å². The predicted molar refractivity (Wildman–Crippen MR) is 61.8 cm³/mol. The van der Waals surface area contributed by atoms with Gasteiger partial charge in [-0.05, 0) is 30.7 Å². The molecule has 3 rings (SSSR count). The zero-order valence-corrected chi connectivity index (χ0v) is 8.64. The third kappa shape index (κ3) is 1.30. The van der Waals surface area contributed by atoms with Crippen LogP contribution in [0.4, 0.5) is 5.69 Å². The molecule has 1 aliphatic rings. The van der Waals surface area contributed by atoms with E-state index in [1.165, 1.54) is 11.3 Å². The van der Waals surface area contributed by atoms with Crippen molar-refractivity contribution in [3.63, 3.8) is 0 Å². The van der Waals surface area contributed by atoms with Crippen molar-refractivity contribution in [1.29, 1.82) is 0 Å². The number of rotatable bonds is 0. The normalized spacial score (nSPS) is 13.8. The molecule has 1 aliphatic heterocycles. The molecule has 15 heavy (non-hydrogen) atoms. The Morgan fingerprint density at radius 2 is 2.00 bits per heavy atom. The van der Waals surface area contributed by atoms with Crippen LogP contribution in [0.2, 0.25) is 0 Å². The van der Waals surface area contributed by atoms with E-state index in [1.54, 1.807) is 0 Å². The van der Waals surface area contributed by atoms with Gasteiger partial charge in [-0.15, -0.1) is 0 Å². The summed E-state index contributed by atoms with van der Waals surface area (Å²) in [6, 6.07) is 12.5. The maximum absolute atomic E-state index is 4.65. The average Bonchev–Trinajstić information content (AvgIpc) is 2.64. The van der Waals surface area contributed by atoms with Gasteiger partial charge in [0.1, 0.15) is 0 Å². The number of aromatic nitrogens is 1. The Labute approximate surface area is 88.9 Å². The van der Waals surface area contributed by atoms with Crippen LogP contribution in [0.1, 0.15) is 18.2 Å². The van der Waals surface area contributed by atoms with Crippen LogP contribution in [-0.2, 0) is 6.54 Å². The number of hydrogen-bond donors (Lipinski definition) is 0. The Bertz CT molecular complexity index is 535. The molecule has 2 heteroatoms. The van der Waals surface area contributed by atoms with Crippen molar-refractivity contribution in [3.8, 4) is 0 Å². The first-order chi connectivity index (χ1) is 7.34. The first-order valence-corrected chi connectivity index (χ1v) is 5.13. The van der Waals surface area contributed by atoms with Gasteiger partial charge >= 0.3 is 0 Å². The van der Waals surface area contributed by atoms with Crippen molar-refractivity contribution in [3.05, 3.63) is 53.9 Å². The van der Waals surface area contributed by atoms with Crippen LogP contribution in [0.3, 0.4) is 0 Å². The van der Waals surface area contributed by atoms with E-state index >= 15 is 0 Å². The molecule has 0 saturated carbocycles. The van der Waals surface area contributed by atoms with Gasteiger partial charge in [0.05, 0.1) is 17.1 Å². The molecule has 0 aliphatic carbocycles. The van der Waals surface area contributed by atoms with Gasteiger partial charge in [-0.1, -0.05) is 18.2 Å². The molecule has 2 nitrogen and oxygen atoms in total. The Hall–Kier alpha value is -1.83. The van der Waals surface area contributed by atoms with Crippen molar-refractivity contribution in [1.82, 2.24) is 4.57 Å². The highest BCUT2D eigenvalue weighted by Crippen LogP contribution is 2.24. The topological polar surface area (TPSA) is 17.3 Å². The molecule has 2 heterocycles. The van der Waals surface area contributed by atoms with E-state index in [2.05, 4.69) is 53.0 Å². The molecule has 0 atom stereocenters. The van der Waals surface area contributed by atoms with E-state index in [4.69, 9.17) is 0 Å². The van der Waals surface area contributed by atoms with Crippen molar-refractivity contribution in [2.24, 2.45) is 4.99 Å². The number of nitrogens with zero attached hydrogens (tertiary/aromatic N) is 2. The zero-order chi connectivity index (χ0) is 10.3. The van der Waals surface area contributed by atoms with Gasteiger partial charge in [0.25, 0.3) is 0 Å². The summed E-state index contributed by atoms with van der Waals surface area (Å²) in [6.07, 6.45) is 2.11. The molecule has 0 radical (unpaired) electrons. The second-order valence-corrected chi connectivity index (χ2v) is 3.85. The Balaban J connectivity index is 2.25. The number of aliphatic imine (C=N–C) groups is 1. The molecule has 0 unspecified atom stereocenters. The SMILES string of the molecule is CC1=Nc2ccccc2Cn2cccc21. The van der Waals surface area contributed by atoms with Gasteiger partial charge in [0, 0.05) is 12.7 Å². The molecule has 0 amide bonds. The summed E-state index contributed by atoms with van der Waals surface area (Å²) in [7, 11) is 0. The lowest BCUT2D eigenvalue weighted by molar-refractivity contribution is 0.804. The van der Waals surface area contributed by atoms with E-state index < -0.39 is 0 Å². The molecule has 0 saturated heterocycles. The lowest BCUT2D eigenvalue weighted by atomic mass is 10.2. The first kappa shape index (κ1) is 8.48. The van der Waals surface area contributed by atoms with Crippen LogP contribution in [-0.4, -0.2) is 10.3 Å². The number of hydrogen-bond acceptors (Lipinski definition) is 1. The van der Waals surface area contributed by atoms with Crippen molar-refractivity contribution >= 4 is 11.4 Å². The smallest absolute Gasteiger partial charge is 0.0683 e. The van der Waals surface area contributed by atoms with Gasteiger partial charge in [0.2, 0.25) is 0 Å². The van der Waals surface area contributed by atoms with E-state index in [0.717, 1.165) is 17.9 Å². The summed E-state index contributed by atoms with van der Waals surface area (Å²) >= 11 is 0. The van der Waals surface area contributed by atoms with E-state index in [0.29, 0.717) is 0 Å². The summed E-state index contributed by atoms with van der Waals surface area (Å²) in [4.78, 5) is 4.65. The molecular weight excluding hydrogens is 184 g/mol. The highest BCUT2D eigenvalue weighted by molar-refractivity contribution is 5.99. The Morgan fingerprint density at radius 3 is 2.93 bits per heavy atom. The first-order valence-electron chi connectivity index (χ1n) is 5.13. The van der Waals surface area contributed by atoms with Crippen molar-refractivity contribution in [2.45, 2.75) is 13.5 Å². The van der Waals surface area contributed by atoms with Crippen LogP contribution >= 0.6 is 0 Å². The lowest BCUT2D eigenvalue weighted by Gasteiger charge is -2.05. The quantitative estimate of drug-likeness (QED) is 0.616. The Kier molecular flexibility index (Phi) is 1.75. The zero-order valence-electron chi connectivity index (χ0n) is 8.64. The van der Waals surface area contributed by atoms with Crippen LogP contribution in [0.25, 0.3) is 0 Å². The van der Waals surface area contributed by atoms with Gasteiger partial charge in [-0.3, -0.25) is 4.99 Å². The number of fused-ring (bicyclic) bond motifs is 2. The monoisotopic (exact) mass is 196 g/mol. The van der Waals surface area contributed by atoms with E-state index in [-0.39, 0.29) is 0 Å². The third-order valence-corrected chi connectivity index (χ3v) is 2.82. The number of benzene rings is 1. The molecule has 0 spiro atoms. The molecule has 0 fully saturated rings. The van der Waals surface area contributed by atoms with Crippen molar-refractivity contribution in [2.75, 3.05) is 0 Å². The average molecular weight is 196 g/mol. The highest BCUT2D eigenvalue weighted by Gasteiger charge is 2.11. The van der Waals surface area contributed by atoms with Crippen molar-refractivity contribution < 1.29 is 0 Å². The van der Waals surface area contributed by atoms with Gasteiger partial charge in [-0.25, -0.2) is 0 Å². The summed E-state index contributed by atoms with van der Waals surface area (Å²) < 4.78 is 2.24. The maximum Gasteiger partial charge on any atom is 0.0683 e. The molecule has 0 N–H and O–H groups in total. The summed E-state index contributed by atoms with van der Waals surface area (Å²) in [5, 5.41) is 0. The fourth-order valence-electron chi connectivity index (χ4n) is 2.06. The fourth-order valence-corrected chi connectivity index (χ4v) is 2.06. The van der Waals surface area contributed by atoms with Gasteiger partial charge in [-0.2, -0.15) is 0 Å². The summed E-state index contributed by atoms with van der Waals surface area (Å²) in [6.45, 7) is 2.98. The lowest BCUT2D eigenvalue weighted by Crippen LogP contribution is -2.04. The second-order valence-electron chi connectivity index (χ2n) is 3.85. The minimum Gasteiger partial charge on any atom is -0.342 e. The summed E-state index contributed by atoms with van der Waals surface area (Å²) in [5.41, 5.74) is 4.68. The predicted octanol–water partition coefficient (Wildman–Crippen LogP) is 2.99. The Morgan fingerprint density at radius 1 is 1.13 bits per heavy atom. The molecule has 1 aromatic carbocycles. The largest absolute Gasteiger partial charge is 0.342 e. The molecule has 74 valence electrons. The second kappa shape index (κ2) is 3.09. The fraction of sp³-hybridized carbons (Fsp3) is 0.154. The molecular formula is C13H12N2. The van der Waals surface area contributed by atoms with Crippen LogP contribution in [0.15, 0.2) is 47.6 Å². The van der Waals surface area contributed by atoms with E-state index in [1.807, 2.05) is 6.07 Å². The standard InChI is InChI=1S/C13H12N2/c1-10-13-7-4-8-15(13)9-11-5-2-3-6-12(11)14-10/h2-8H,9H2,1H3. The van der Waals surface area contributed by atoms with Crippen LogP contribution < -0.4 is 0 Å². The summed E-state index contributed by atoms with van der Waals surface area (Å²) in [5.74, 6) is 0. The molecule has 0 bridgehead atoms. The maximum atomic E-state index is 4.65. The minimum absolute atomic E-state index is 0.916. The van der Waals surface area contributed by atoms with Crippen LogP contribution in [0, 0.1) is 0 Å². The highest BCUT2D eigenvalue weighted by atomic mass is 15.0. The number of para-hydroxylation sites is 1. The van der Waals surface area contributed by atoms with Gasteiger partial charge in [0.15, 0.2) is 0 Å². The third-order valence-electron chi connectivity index (χ3n) is 2.82. The van der Waals surface area contributed by atoms with Crippen LogP contribution in [0.5, 0.6) is 0 Å².